The van der Waals surface area contributed by atoms with Gasteiger partial charge >= 0.3 is 0 Å². The summed E-state index contributed by atoms with van der Waals surface area (Å²) in [6.07, 6.45) is 4.26. The molecule has 0 bridgehead atoms. The molecule has 0 aliphatic heterocycles. The highest BCUT2D eigenvalue weighted by Crippen LogP contribution is 2.39. The van der Waals surface area contributed by atoms with Crippen LogP contribution >= 0.6 is 0 Å². The molecule has 7 heteroatoms. The van der Waals surface area contributed by atoms with Crippen molar-refractivity contribution in [3.8, 4) is 0 Å². The minimum atomic E-state index is -3.27. The SMILES string of the molecule is C=C(C)N(C)c1cc2c(N[C@H](C)c3cccc(C(F)(F)C(C)C)c3F)nc(C)nc2cc1CCCCC. The van der Waals surface area contributed by atoms with Gasteiger partial charge in [0.2, 0.25) is 0 Å². The normalized spacial score (nSPS) is 12.7. The Hall–Kier alpha value is -3.09. The largest absolute Gasteiger partial charge is 0.363 e. The van der Waals surface area contributed by atoms with Crippen molar-refractivity contribution in [3.63, 3.8) is 0 Å². The Morgan fingerprint density at radius 3 is 2.46 bits per heavy atom. The Morgan fingerprint density at radius 2 is 1.84 bits per heavy atom. The fourth-order valence-corrected chi connectivity index (χ4v) is 4.45. The number of rotatable bonds is 11. The zero-order chi connectivity index (χ0) is 27.5. The molecule has 0 aliphatic carbocycles. The monoisotopic (exact) mass is 512 g/mol. The topological polar surface area (TPSA) is 41.0 Å². The number of halogens is 3. The van der Waals surface area contributed by atoms with Crippen LogP contribution in [0.2, 0.25) is 0 Å². The van der Waals surface area contributed by atoms with Gasteiger partial charge in [-0.3, -0.25) is 0 Å². The molecule has 0 unspecified atom stereocenters. The molecule has 1 N–H and O–H groups in total. The van der Waals surface area contributed by atoms with Gasteiger partial charge in [-0.15, -0.1) is 0 Å². The summed E-state index contributed by atoms with van der Waals surface area (Å²) in [6, 6.07) is 7.71. The first-order valence-electron chi connectivity index (χ1n) is 13.0. The van der Waals surface area contributed by atoms with Crippen molar-refractivity contribution in [2.24, 2.45) is 5.92 Å². The fourth-order valence-electron chi connectivity index (χ4n) is 4.45. The first kappa shape index (κ1) is 28.5. The van der Waals surface area contributed by atoms with Crippen LogP contribution in [0.15, 0.2) is 42.6 Å². The highest BCUT2D eigenvalue weighted by atomic mass is 19.3. The number of hydrogen-bond donors (Lipinski definition) is 1. The van der Waals surface area contributed by atoms with Crippen LogP contribution in [-0.4, -0.2) is 17.0 Å². The highest BCUT2D eigenvalue weighted by molar-refractivity contribution is 5.93. The fraction of sp³-hybridized carbons (Fsp3) is 0.467. The molecule has 200 valence electrons. The molecule has 0 saturated carbocycles. The Labute approximate surface area is 219 Å². The number of aryl methyl sites for hydroxylation is 2. The molecule has 0 saturated heterocycles. The van der Waals surface area contributed by atoms with Crippen molar-refractivity contribution in [2.75, 3.05) is 17.3 Å². The molecule has 1 atom stereocenters. The van der Waals surface area contributed by atoms with Gasteiger partial charge in [0.1, 0.15) is 17.5 Å². The maximum Gasteiger partial charge on any atom is 0.278 e. The van der Waals surface area contributed by atoms with Crippen molar-refractivity contribution in [2.45, 2.75) is 79.2 Å². The van der Waals surface area contributed by atoms with E-state index in [1.165, 1.54) is 31.5 Å². The summed E-state index contributed by atoms with van der Waals surface area (Å²) in [5.41, 5.74) is 3.46. The number of nitrogens with one attached hydrogen (secondary N) is 1. The van der Waals surface area contributed by atoms with Crippen LogP contribution in [0.3, 0.4) is 0 Å². The average Bonchev–Trinajstić information content (AvgIpc) is 2.83. The van der Waals surface area contributed by atoms with Gasteiger partial charge in [-0.25, -0.2) is 23.1 Å². The van der Waals surface area contributed by atoms with E-state index in [4.69, 9.17) is 0 Å². The number of alkyl halides is 2. The summed E-state index contributed by atoms with van der Waals surface area (Å²) >= 11 is 0. The van der Waals surface area contributed by atoms with E-state index < -0.39 is 29.3 Å². The van der Waals surface area contributed by atoms with Crippen LogP contribution in [0.4, 0.5) is 24.7 Å². The lowest BCUT2D eigenvalue weighted by atomic mass is 9.94. The Balaban J connectivity index is 2.08. The average molecular weight is 513 g/mol. The van der Waals surface area contributed by atoms with Crippen LogP contribution in [0, 0.1) is 18.7 Å². The van der Waals surface area contributed by atoms with Crippen molar-refractivity contribution in [3.05, 3.63) is 70.9 Å². The van der Waals surface area contributed by atoms with Crippen LogP contribution in [0.5, 0.6) is 0 Å². The van der Waals surface area contributed by atoms with E-state index in [0.717, 1.165) is 54.0 Å². The molecule has 0 aliphatic rings. The van der Waals surface area contributed by atoms with E-state index in [-0.39, 0.29) is 5.56 Å². The number of aromatic nitrogens is 2. The smallest absolute Gasteiger partial charge is 0.278 e. The van der Waals surface area contributed by atoms with Gasteiger partial charge in [0.25, 0.3) is 5.92 Å². The molecule has 0 amide bonds. The molecule has 4 nitrogen and oxygen atoms in total. The number of nitrogens with zero attached hydrogens (tertiary/aromatic N) is 3. The third kappa shape index (κ3) is 6.08. The second kappa shape index (κ2) is 11.5. The third-order valence-electron chi connectivity index (χ3n) is 6.92. The third-order valence-corrected chi connectivity index (χ3v) is 6.92. The zero-order valence-electron chi connectivity index (χ0n) is 23.1. The number of anilines is 2. The van der Waals surface area contributed by atoms with Gasteiger partial charge in [-0.05, 0) is 51.3 Å². The van der Waals surface area contributed by atoms with E-state index in [1.54, 1.807) is 6.92 Å². The summed E-state index contributed by atoms with van der Waals surface area (Å²) in [6.45, 7) is 14.6. The lowest BCUT2D eigenvalue weighted by Gasteiger charge is -2.25. The number of allylic oxidation sites excluding steroid dienone is 1. The number of fused-ring (bicyclic) bond motifs is 1. The van der Waals surface area contributed by atoms with Gasteiger partial charge in [0.05, 0.1) is 17.1 Å². The molecule has 0 spiro atoms. The molecule has 3 rings (SSSR count). The van der Waals surface area contributed by atoms with Crippen molar-refractivity contribution in [1.29, 1.82) is 0 Å². The Bertz CT molecular complexity index is 1270. The van der Waals surface area contributed by atoms with Crippen molar-refractivity contribution >= 4 is 22.4 Å². The molecule has 2 aromatic carbocycles. The molecule has 1 heterocycles. The van der Waals surface area contributed by atoms with Gasteiger partial charge in [-0.1, -0.05) is 58.4 Å². The first-order valence-corrected chi connectivity index (χ1v) is 13.0. The van der Waals surface area contributed by atoms with Crippen molar-refractivity contribution < 1.29 is 13.2 Å². The molecule has 0 radical (unpaired) electrons. The summed E-state index contributed by atoms with van der Waals surface area (Å²) < 4.78 is 44.8. The van der Waals surface area contributed by atoms with E-state index in [0.29, 0.717) is 11.6 Å². The molecule has 0 fully saturated rings. The first-order chi connectivity index (χ1) is 17.4. The standard InChI is InChI=1S/C30H39F3N4/c1-9-10-11-13-22-16-26-24(17-27(22)37(8)19(4)5)29(36-21(7)35-26)34-20(6)23-14-12-15-25(28(23)31)30(32,33)18(2)3/h12,14-18,20H,4,9-11,13H2,1-3,5-8H3,(H,34,35,36)/t20-/m1/s1. The highest BCUT2D eigenvalue weighted by Gasteiger charge is 2.39. The van der Waals surface area contributed by atoms with E-state index in [2.05, 4.69) is 34.9 Å². The number of hydrogen-bond acceptors (Lipinski definition) is 4. The quantitative estimate of drug-likeness (QED) is 0.261. The summed E-state index contributed by atoms with van der Waals surface area (Å²) in [4.78, 5) is 11.3. The van der Waals surface area contributed by atoms with Crippen LogP contribution in [0.25, 0.3) is 10.9 Å². The van der Waals surface area contributed by atoms with E-state index in [9.17, 15) is 8.78 Å². The molecule has 3 aromatic rings. The number of benzene rings is 2. The second-order valence-electron chi connectivity index (χ2n) is 10.2. The second-order valence-corrected chi connectivity index (χ2v) is 10.2. The molecular weight excluding hydrogens is 473 g/mol. The maximum absolute atomic E-state index is 15.4. The lowest BCUT2D eigenvalue weighted by molar-refractivity contribution is -0.0545. The summed E-state index contributed by atoms with van der Waals surface area (Å²) in [7, 11) is 1.98. The molecule has 1 aromatic heterocycles. The number of unbranched alkanes of at least 4 members (excludes halogenated alkanes) is 2. The predicted octanol–water partition coefficient (Wildman–Crippen LogP) is 8.70. The Kier molecular flexibility index (Phi) is 8.88. The predicted molar refractivity (Wildman–Crippen MR) is 148 cm³/mol. The molecular formula is C30H39F3N4. The van der Waals surface area contributed by atoms with Gasteiger partial charge in [0.15, 0.2) is 0 Å². The summed E-state index contributed by atoms with van der Waals surface area (Å²) in [5, 5.41) is 4.06. The van der Waals surface area contributed by atoms with E-state index in [1.807, 2.05) is 31.9 Å². The Morgan fingerprint density at radius 1 is 1.14 bits per heavy atom. The van der Waals surface area contributed by atoms with Crippen LogP contribution < -0.4 is 10.2 Å². The summed E-state index contributed by atoms with van der Waals surface area (Å²) in [5.74, 6) is -4.08. The van der Waals surface area contributed by atoms with Gasteiger partial charge in [0, 0.05) is 35.3 Å². The molecule has 37 heavy (non-hydrogen) atoms. The van der Waals surface area contributed by atoms with Gasteiger partial charge < -0.3 is 10.2 Å². The van der Waals surface area contributed by atoms with E-state index >= 15 is 4.39 Å². The van der Waals surface area contributed by atoms with Gasteiger partial charge in [-0.2, -0.15) is 0 Å². The minimum absolute atomic E-state index is 0.165. The lowest BCUT2D eigenvalue weighted by Crippen LogP contribution is -2.24. The maximum atomic E-state index is 15.4. The van der Waals surface area contributed by atoms with Crippen molar-refractivity contribution in [1.82, 2.24) is 9.97 Å². The zero-order valence-corrected chi connectivity index (χ0v) is 23.1. The van der Waals surface area contributed by atoms with Crippen LogP contribution in [-0.2, 0) is 12.3 Å². The van der Waals surface area contributed by atoms with Crippen LogP contribution in [0.1, 0.15) is 82.4 Å². The minimum Gasteiger partial charge on any atom is -0.363 e.